The van der Waals surface area contributed by atoms with Gasteiger partial charge in [0.2, 0.25) is 0 Å². The van der Waals surface area contributed by atoms with E-state index >= 15 is 0 Å². The Morgan fingerprint density at radius 1 is 0.895 bits per heavy atom. The van der Waals surface area contributed by atoms with Crippen LogP contribution in [0, 0.1) is 0 Å². The molecule has 0 bridgehead atoms. The molecule has 0 atom stereocenters. The molecule has 0 spiro atoms. The number of carbonyl (C=O) groups is 1. The molecule has 4 nitrogen and oxygen atoms in total. The SMILES string of the molecule is Nc1sc(-c2ccccc2)c(CN2CCN(c3ccccc3C(F)(F)F)CC2)c1C(=O)c1ccc(Cl)cc1. The van der Waals surface area contributed by atoms with E-state index in [0.29, 0.717) is 53.9 Å². The Kier molecular flexibility index (Phi) is 7.47. The number of benzene rings is 3. The van der Waals surface area contributed by atoms with Crippen LogP contribution in [-0.4, -0.2) is 36.9 Å². The van der Waals surface area contributed by atoms with Crippen LogP contribution >= 0.6 is 22.9 Å². The second-order valence-electron chi connectivity index (χ2n) is 9.13. The van der Waals surface area contributed by atoms with Gasteiger partial charge in [-0.25, -0.2) is 0 Å². The molecular weight excluding hydrogens is 531 g/mol. The molecule has 1 aliphatic rings. The molecule has 196 valence electrons. The maximum Gasteiger partial charge on any atom is 0.418 e. The van der Waals surface area contributed by atoms with Gasteiger partial charge in [-0.3, -0.25) is 9.69 Å². The number of rotatable bonds is 6. The molecule has 1 aliphatic heterocycles. The highest BCUT2D eigenvalue weighted by molar-refractivity contribution is 7.20. The number of thiophene rings is 1. The first kappa shape index (κ1) is 26.3. The number of anilines is 2. The van der Waals surface area contributed by atoms with Gasteiger partial charge < -0.3 is 10.6 Å². The Bertz CT molecular complexity index is 1430. The largest absolute Gasteiger partial charge is 0.418 e. The van der Waals surface area contributed by atoms with Crippen molar-refractivity contribution in [2.45, 2.75) is 12.7 Å². The van der Waals surface area contributed by atoms with Gasteiger partial charge in [0.15, 0.2) is 5.78 Å². The number of hydrogen-bond acceptors (Lipinski definition) is 5. The summed E-state index contributed by atoms with van der Waals surface area (Å²) in [6.45, 7) is 2.43. The molecule has 0 unspecified atom stereocenters. The zero-order valence-corrected chi connectivity index (χ0v) is 21.9. The van der Waals surface area contributed by atoms with Crippen LogP contribution in [0.3, 0.4) is 0 Å². The highest BCUT2D eigenvalue weighted by atomic mass is 35.5. The molecule has 4 aromatic rings. The van der Waals surface area contributed by atoms with E-state index < -0.39 is 11.7 Å². The lowest BCUT2D eigenvalue weighted by molar-refractivity contribution is -0.137. The smallest absolute Gasteiger partial charge is 0.390 e. The zero-order valence-electron chi connectivity index (χ0n) is 20.3. The van der Waals surface area contributed by atoms with Crippen molar-refractivity contribution >= 4 is 39.4 Å². The number of nitrogen functional groups attached to an aromatic ring is 1. The summed E-state index contributed by atoms with van der Waals surface area (Å²) in [5.41, 5.74) is 8.79. The number of nitrogens with zero attached hydrogens (tertiary/aromatic N) is 2. The van der Waals surface area contributed by atoms with E-state index in [0.717, 1.165) is 22.1 Å². The van der Waals surface area contributed by atoms with Crippen LogP contribution in [0.2, 0.25) is 5.02 Å². The molecular formula is C29H25ClF3N3OS. The Morgan fingerprint density at radius 2 is 1.53 bits per heavy atom. The molecule has 2 heterocycles. The minimum absolute atomic E-state index is 0.176. The molecule has 0 aliphatic carbocycles. The average Bonchev–Trinajstić information content (AvgIpc) is 3.24. The van der Waals surface area contributed by atoms with Crippen molar-refractivity contribution in [3.05, 3.63) is 106 Å². The van der Waals surface area contributed by atoms with Crippen molar-refractivity contribution in [3.63, 3.8) is 0 Å². The molecule has 0 amide bonds. The fraction of sp³-hybridized carbons (Fsp3) is 0.207. The lowest BCUT2D eigenvalue weighted by atomic mass is 9.97. The number of hydrogen-bond donors (Lipinski definition) is 1. The van der Waals surface area contributed by atoms with E-state index in [-0.39, 0.29) is 11.5 Å². The Balaban J connectivity index is 1.43. The molecule has 2 N–H and O–H groups in total. The summed E-state index contributed by atoms with van der Waals surface area (Å²) in [6, 6.07) is 22.2. The van der Waals surface area contributed by atoms with Gasteiger partial charge in [-0.05, 0) is 47.5 Å². The van der Waals surface area contributed by atoms with Crippen LogP contribution in [0.15, 0.2) is 78.9 Å². The van der Waals surface area contributed by atoms with Crippen LogP contribution < -0.4 is 10.6 Å². The maximum atomic E-state index is 13.6. The van der Waals surface area contributed by atoms with E-state index in [1.807, 2.05) is 30.3 Å². The van der Waals surface area contributed by atoms with Gasteiger partial charge in [0.25, 0.3) is 0 Å². The van der Waals surface area contributed by atoms with E-state index in [1.165, 1.54) is 23.5 Å². The number of ketones is 1. The van der Waals surface area contributed by atoms with Crippen molar-refractivity contribution in [2.75, 3.05) is 36.8 Å². The average molecular weight is 556 g/mol. The standard InChI is InChI=1S/C29H25ClF3N3OS/c30-21-12-10-19(11-13-21)26(37)25-22(27(38-28(25)34)20-6-2-1-3-7-20)18-35-14-16-36(17-15-35)24-9-5-4-8-23(24)29(31,32)33/h1-13H,14-18,34H2. The van der Waals surface area contributed by atoms with E-state index in [9.17, 15) is 18.0 Å². The highest BCUT2D eigenvalue weighted by Crippen LogP contribution is 2.41. The monoisotopic (exact) mass is 555 g/mol. The molecule has 5 rings (SSSR count). The molecule has 9 heteroatoms. The third kappa shape index (κ3) is 5.43. The maximum absolute atomic E-state index is 13.6. The molecule has 1 aromatic heterocycles. The van der Waals surface area contributed by atoms with E-state index in [1.54, 1.807) is 35.2 Å². The number of para-hydroxylation sites is 1. The Morgan fingerprint density at radius 3 is 2.18 bits per heavy atom. The molecule has 1 fully saturated rings. The predicted molar refractivity (Wildman–Crippen MR) is 148 cm³/mol. The Labute approximate surface area is 228 Å². The third-order valence-electron chi connectivity index (χ3n) is 6.71. The lowest BCUT2D eigenvalue weighted by Gasteiger charge is -2.37. The molecule has 0 saturated carbocycles. The molecule has 0 radical (unpaired) electrons. The summed E-state index contributed by atoms with van der Waals surface area (Å²) in [6.07, 6.45) is -4.41. The van der Waals surface area contributed by atoms with Gasteiger partial charge in [-0.15, -0.1) is 11.3 Å². The summed E-state index contributed by atoms with van der Waals surface area (Å²) >= 11 is 7.40. The minimum atomic E-state index is -4.41. The van der Waals surface area contributed by atoms with Crippen LogP contribution in [-0.2, 0) is 12.7 Å². The zero-order chi connectivity index (χ0) is 26.9. The fourth-order valence-corrected chi connectivity index (χ4v) is 6.02. The summed E-state index contributed by atoms with van der Waals surface area (Å²) in [5.74, 6) is -0.176. The van der Waals surface area contributed by atoms with E-state index in [2.05, 4.69) is 4.90 Å². The molecule has 38 heavy (non-hydrogen) atoms. The molecule has 1 saturated heterocycles. The summed E-state index contributed by atoms with van der Waals surface area (Å²) in [4.78, 5) is 18.5. The van der Waals surface area contributed by atoms with Crippen LogP contribution in [0.5, 0.6) is 0 Å². The predicted octanol–water partition coefficient (Wildman–Crippen LogP) is 7.22. The van der Waals surface area contributed by atoms with Crippen molar-refractivity contribution < 1.29 is 18.0 Å². The van der Waals surface area contributed by atoms with Crippen molar-refractivity contribution in [3.8, 4) is 10.4 Å². The van der Waals surface area contributed by atoms with Gasteiger partial charge in [0.05, 0.1) is 16.1 Å². The summed E-state index contributed by atoms with van der Waals surface area (Å²) in [7, 11) is 0. The normalized spacial score (nSPS) is 14.6. The van der Waals surface area contributed by atoms with Crippen LogP contribution in [0.4, 0.5) is 23.9 Å². The van der Waals surface area contributed by atoms with Gasteiger partial charge in [-0.2, -0.15) is 13.2 Å². The highest BCUT2D eigenvalue weighted by Gasteiger charge is 2.35. The van der Waals surface area contributed by atoms with Crippen LogP contribution in [0.25, 0.3) is 10.4 Å². The quantitative estimate of drug-likeness (QED) is 0.255. The summed E-state index contributed by atoms with van der Waals surface area (Å²) in [5, 5.41) is 0.978. The number of nitrogens with two attached hydrogens (primary N) is 1. The second-order valence-corrected chi connectivity index (χ2v) is 10.6. The second kappa shape index (κ2) is 10.8. The third-order valence-corrected chi connectivity index (χ3v) is 8.07. The summed E-state index contributed by atoms with van der Waals surface area (Å²) < 4.78 is 40.7. The number of piperazine rings is 1. The van der Waals surface area contributed by atoms with Gasteiger partial charge in [0.1, 0.15) is 0 Å². The number of carbonyl (C=O) groups excluding carboxylic acids is 1. The number of alkyl halides is 3. The van der Waals surface area contributed by atoms with Gasteiger partial charge in [0, 0.05) is 53.9 Å². The van der Waals surface area contributed by atoms with Gasteiger partial charge in [-0.1, -0.05) is 54.1 Å². The lowest BCUT2D eigenvalue weighted by Crippen LogP contribution is -2.46. The molecule has 3 aromatic carbocycles. The van der Waals surface area contributed by atoms with Crippen LogP contribution in [0.1, 0.15) is 27.0 Å². The van der Waals surface area contributed by atoms with Crippen molar-refractivity contribution in [1.29, 1.82) is 0 Å². The topological polar surface area (TPSA) is 49.6 Å². The van der Waals surface area contributed by atoms with Crippen molar-refractivity contribution in [2.24, 2.45) is 0 Å². The first-order chi connectivity index (χ1) is 18.2. The van der Waals surface area contributed by atoms with E-state index in [4.69, 9.17) is 17.3 Å². The number of halogens is 4. The van der Waals surface area contributed by atoms with Crippen molar-refractivity contribution in [1.82, 2.24) is 4.90 Å². The Hall–Kier alpha value is -3.33. The fourth-order valence-electron chi connectivity index (χ4n) is 4.81. The first-order valence-electron chi connectivity index (χ1n) is 12.1. The first-order valence-corrected chi connectivity index (χ1v) is 13.3. The minimum Gasteiger partial charge on any atom is -0.390 e. The van der Waals surface area contributed by atoms with Gasteiger partial charge >= 0.3 is 6.18 Å².